The molecule has 0 radical (unpaired) electrons. The van der Waals surface area contributed by atoms with Crippen LogP contribution in [-0.2, 0) is 4.79 Å². The molecule has 1 heterocycles. The van der Waals surface area contributed by atoms with E-state index in [4.69, 9.17) is 9.47 Å². The van der Waals surface area contributed by atoms with Gasteiger partial charge in [-0.15, -0.1) is 5.10 Å². The van der Waals surface area contributed by atoms with Crippen LogP contribution in [0.4, 0.5) is 28.8 Å². The number of hydrogen-bond donors (Lipinski definition) is 3. The summed E-state index contributed by atoms with van der Waals surface area (Å²) in [6, 6.07) is 12.6. The molecule has 3 N–H and O–H groups in total. The number of methoxy groups -OCH3 is 2. The minimum Gasteiger partial charge on any atom is -0.497 e. The Morgan fingerprint density at radius 2 is 1.71 bits per heavy atom. The highest BCUT2D eigenvalue weighted by molar-refractivity contribution is 5.88. The van der Waals surface area contributed by atoms with E-state index in [9.17, 15) is 4.79 Å². The molecule has 0 unspecified atom stereocenters. The van der Waals surface area contributed by atoms with Gasteiger partial charge < -0.3 is 25.4 Å². The number of benzene rings is 2. The van der Waals surface area contributed by atoms with Gasteiger partial charge in [-0.2, -0.15) is 10.1 Å². The van der Waals surface area contributed by atoms with Gasteiger partial charge in [0.05, 0.1) is 26.1 Å². The van der Waals surface area contributed by atoms with E-state index < -0.39 is 0 Å². The van der Waals surface area contributed by atoms with Crippen LogP contribution in [0.15, 0.2) is 48.7 Å². The van der Waals surface area contributed by atoms with Crippen LogP contribution < -0.4 is 25.4 Å². The Bertz CT molecular complexity index is 962. The van der Waals surface area contributed by atoms with Gasteiger partial charge in [0.1, 0.15) is 11.5 Å². The molecule has 0 fully saturated rings. The van der Waals surface area contributed by atoms with E-state index >= 15 is 0 Å². The van der Waals surface area contributed by atoms with Crippen molar-refractivity contribution in [3.05, 3.63) is 48.7 Å². The van der Waals surface area contributed by atoms with E-state index in [-0.39, 0.29) is 5.91 Å². The molecule has 9 heteroatoms. The number of carbonyl (C=O) groups is 1. The first-order chi connectivity index (χ1) is 13.6. The van der Waals surface area contributed by atoms with Crippen LogP contribution in [0.25, 0.3) is 0 Å². The van der Waals surface area contributed by atoms with Gasteiger partial charge >= 0.3 is 0 Å². The monoisotopic (exact) mass is 380 g/mol. The summed E-state index contributed by atoms with van der Waals surface area (Å²) in [5.74, 6) is 2.00. The minimum atomic E-state index is -0.124. The van der Waals surface area contributed by atoms with E-state index in [0.717, 1.165) is 11.4 Å². The lowest BCUT2D eigenvalue weighted by Crippen LogP contribution is -2.06. The predicted molar refractivity (Wildman–Crippen MR) is 107 cm³/mol. The van der Waals surface area contributed by atoms with Crippen molar-refractivity contribution in [3.8, 4) is 11.5 Å². The second-order valence-corrected chi connectivity index (χ2v) is 5.74. The maximum absolute atomic E-state index is 11.1. The second-order valence-electron chi connectivity index (χ2n) is 5.74. The van der Waals surface area contributed by atoms with Crippen molar-refractivity contribution >= 4 is 34.7 Å². The summed E-state index contributed by atoms with van der Waals surface area (Å²) < 4.78 is 10.6. The molecule has 0 bridgehead atoms. The van der Waals surface area contributed by atoms with Gasteiger partial charge in [-0.1, -0.05) is 0 Å². The molecule has 1 aromatic heterocycles. The minimum absolute atomic E-state index is 0.124. The van der Waals surface area contributed by atoms with Crippen molar-refractivity contribution in [2.24, 2.45) is 0 Å². The number of hydrogen-bond acceptors (Lipinski definition) is 8. The molecular weight excluding hydrogens is 360 g/mol. The summed E-state index contributed by atoms with van der Waals surface area (Å²) in [5, 5.41) is 16.9. The van der Waals surface area contributed by atoms with E-state index in [1.807, 2.05) is 12.1 Å². The number of rotatable bonds is 7. The Morgan fingerprint density at radius 3 is 2.39 bits per heavy atom. The Labute approximate surface area is 162 Å². The Hall–Kier alpha value is -3.88. The molecule has 0 aliphatic carbocycles. The van der Waals surface area contributed by atoms with Crippen molar-refractivity contribution in [2.75, 3.05) is 30.2 Å². The Morgan fingerprint density at radius 1 is 0.964 bits per heavy atom. The summed E-state index contributed by atoms with van der Waals surface area (Å²) in [7, 11) is 3.17. The van der Waals surface area contributed by atoms with Crippen molar-refractivity contribution < 1.29 is 14.3 Å². The highest BCUT2D eigenvalue weighted by atomic mass is 16.5. The fourth-order valence-electron chi connectivity index (χ4n) is 2.43. The molecule has 0 aliphatic rings. The fourth-order valence-corrected chi connectivity index (χ4v) is 2.43. The standard InChI is InChI=1S/C19H20N6O3/c1-12(26)21-13-4-6-14(7-5-13)22-19-24-18(11-20-25-19)23-16-9-8-15(27-2)10-17(16)28-3/h4-11H,1-3H3,(H,21,26)(H2,22,23,24,25). The maximum Gasteiger partial charge on any atom is 0.249 e. The number of nitrogens with one attached hydrogen (secondary N) is 3. The number of amides is 1. The van der Waals surface area contributed by atoms with Crippen LogP contribution in [0, 0.1) is 0 Å². The van der Waals surface area contributed by atoms with Crippen LogP contribution in [0.1, 0.15) is 6.92 Å². The number of nitrogens with zero attached hydrogens (tertiary/aromatic N) is 3. The molecule has 3 rings (SSSR count). The van der Waals surface area contributed by atoms with Gasteiger partial charge in [0.25, 0.3) is 0 Å². The smallest absolute Gasteiger partial charge is 0.249 e. The van der Waals surface area contributed by atoms with Crippen LogP contribution in [0.5, 0.6) is 11.5 Å². The zero-order valence-corrected chi connectivity index (χ0v) is 15.7. The zero-order chi connectivity index (χ0) is 19.9. The van der Waals surface area contributed by atoms with Gasteiger partial charge in [0.2, 0.25) is 11.9 Å². The van der Waals surface area contributed by atoms with Gasteiger partial charge in [-0.05, 0) is 36.4 Å². The van der Waals surface area contributed by atoms with E-state index in [2.05, 4.69) is 31.1 Å². The lowest BCUT2D eigenvalue weighted by atomic mass is 10.2. The maximum atomic E-state index is 11.1. The van der Waals surface area contributed by atoms with Crippen molar-refractivity contribution in [3.63, 3.8) is 0 Å². The fraction of sp³-hybridized carbons (Fsp3) is 0.158. The van der Waals surface area contributed by atoms with Crippen LogP contribution in [0.3, 0.4) is 0 Å². The molecule has 0 aliphatic heterocycles. The molecule has 0 spiro atoms. The van der Waals surface area contributed by atoms with E-state index in [1.54, 1.807) is 44.6 Å². The van der Waals surface area contributed by atoms with E-state index in [1.165, 1.54) is 13.1 Å². The number of aromatic nitrogens is 3. The predicted octanol–water partition coefficient (Wildman–Crippen LogP) is 3.33. The van der Waals surface area contributed by atoms with Crippen LogP contribution in [-0.4, -0.2) is 35.3 Å². The van der Waals surface area contributed by atoms with Crippen molar-refractivity contribution in [1.29, 1.82) is 0 Å². The molecule has 0 atom stereocenters. The normalized spacial score (nSPS) is 10.1. The number of ether oxygens (including phenoxy) is 2. The molecule has 0 saturated heterocycles. The highest BCUT2D eigenvalue weighted by Crippen LogP contribution is 2.31. The molecule has 144 valence electrons. The van der Waals surface area contributed by atoms with Crippen LogP contribution in [0.2, 0.25) is 0 Å². The largest absolute Gasteiger partial charge is 0.497 e. The first-order valence-electron chi connectivity index (χ1n) is 8.41. The number of carbonyl (C=O) groups excluding carboxylic acids is 1. The average molecular weight is 380 g/mol. The van der Waals surface area contributed by atoms with Crippen molar-refractivity contribution in [2.45, 2.75) is 6.92 Å². The summed E-state index contributed by atoms with van der Waals surface area (Å²) in [5.41, 5.74) is 2.18. The van der Waals surface area contributed by atoms with Crippen molar-refractivity contribution in [1.82, 2.24) is 15.2 Å². The lowest BCUT2D eigenvalue weighted by molar-refractivity contribution is -0.114. The topological polar surface area (TPSA) is 110 Å². The zero-order valence-electron chi connectivity index (χ0n) is 15.7. The lowest BCUT2D eigenvalue weighted by Gasteiger charge is -2.12. The average Bonchev–Trinajstić information content (AvgIpc) is 2.70. The molecule has 1 amide bonds. The van der Waals surface area contributed by atoms with E-state index in [0.29, 0.717) is 29.0 Å². The first kappa shape index (κ1) is 18.9. The summed E-state index contributed by atoms with van der Waals surface area (Å²) in [4.78, 5) is 15.5. The Balaban J connectivity index is 1.73. The number of anilines is 5. The second kappa shape index (κ2) is 8.67. The molecule has 2 aromatic carbocycles. The quantitative estimate of drug-likeness (QED) is 0.572. The molecular formula is C19H20N6O3. The van der Waals surface area contributed by atoms with Gasteiger partial charge in [-0.3, -0.25) is 4.79 Å². The van der Waals surface area contributed by atoms with Gasteiger partial charge in [-0.25, -0.2) is 0 Å². The molecule has 9 nitrogen and oxygen atoms in total. The van der Waals surface area contributed by atoms with Gasteiger partial charge in [0.15, 0.2) is 5.82 Å². The SMILES string of the molecule is COc1ccc(Nc2cnnc(Nc3ccc(NC(C)=O)cc3)n2)c(OC)c1. The third-order valence-corrected chi connectivity index (χ3v) is 3.69. The Kier molecular flexibility index (Phi) is 5.85. The summed E-state index contributed by atoms with van der Waals surface area (Å²) in [6.07, 6.45) is 1.51. The van der Waals surface area contributed by atoms with Crippen LogP contribution >= 0.6 is 0 Å². The first-order valence-corrected chi connectivity index (χ1v) is 8.41. The third kappa shape index (κ3) is 4.85. The summed E-state index contributed by atoms with van der Waals surface area (Å²) >= 11 is 0. The molecule has 28 heavy (non-hydrogen) atoms. The molecule has 3 aromatic rings. The molecule has 0 saturated carbocycles. The van der Waals surface area contributed by atoms with Gasteiger partial charge in [0, 0.05) is 24.4 Å². The highest BCUT2D eigenvalue weighted by Gasteiger charge is 2.08. The summed E-state index contributed by atoms with van der Waals surface area (Å²) in [6.45, 7) is 1.46. The third-order valence-electron chi connectivity index (χ3n) is 3.69.